The van der Waals surface area contributed by atoms with Crippen LogP contribution in [0.5, 0.6) is 5.75 Å². The first-order valence-electron chi connectivity index (χ1n) is 8.23. The van der Waals surface area contributed by atoms with Gasteiger partial charge in [0.2, 0.25) is 10.0 Å². The van der Waals surface area contributed by atoms with Gasteiger partial charge in [-0.15, -0.1) is 0 Å². The molecule has 0 unspecified atom stereocenters. The Morgan fingerprint density at radius 2 is 2.08 bits per heavy atom. The van der Waals surface area contributed by atoms with Gasteiger partial charge in [0, 0.05) is 50.7 Å². The fourth-order valence-electron chi connectivity index (χ4n) is 4.17. The number of ether oxygens (including phenoxy) is 2. The van der Waals surface area contributed by atoms with Gasteiger partial charge >= 0.3 is 0 Å². The molecule has 1 spiro atoms. The Morgan fingerprint density at radius 3 is 2.79 bits per heavy atom. The van der Waals surface area contributed by atoms with Crippen LogP contribution in [0, 0.1) is 11.3 Å². The van der Waals surface area contributed by atoms with E-state index < -0.39 is 10.0 Å². The molecule has 0 aromatic heterocycles. The van der Waals surface area contributed by atoms with E-state index in [9.17, 15) is 8.42 Å². The van der Waals surface area contributed by atoms with Crippen molar-refractivity contribution in [3.05, 3.63) is 24.3 Å². The normalized spacial score (nSPS) is 28.7. The number of benzene rings is 1. The molecule has 3 rings (SSSR count). The van der Waals surface area contributed by atoms with E-state index in [1.807, 2.05) is 0 Å². The monoisotopic (exact) mass is 354 g/mol. The summed E-state index contributed by atoms with van der Waals surface area (Å²) in [5.74, 6) is 0.931. The molecule has 0 amide bonds. The van der Waals surface area contributed by atoms with E-state index in [0.717, 1.165) is 19.5 Å². The molecule has 1 aromatic rings. The van der Waals surface area contributed by atoms with Gasteiger partial charge in [-0.2, -0.15) is 4.31 Å². The largest absolute Gasteiger partial charge is 0.497 e. The van der Waals surface area contributed by atoms with Gasteiger partial charge in [-0.1, -0.05) is 6.07 Å². The third-order valence-electron chi connectivity index (χ3n) is 5.38. The average Bonchev–Trinajstić information content (AvgIpc) is 3.12. The highest BCUT2D eigenvalue weighted by molar-refractivity contribution is 7.89. The Morgan fingerprint density at radius 1 is 1.29 bits per heavy atom. The van der Waals surface area contributed by atoms with E-state index in [1.54, 1.807) is 42.8 Å². The zero-order chi connectivity index (χ0) is 17.4. The van der Waals surface area contributed by atoms with Crippen molar-refractivity contribution < 1.29 is 17.9 Å². The predicted octanol–water partition coefficient (Wildman–Crippen LogP) is 1.28. The van der Waals surface area contributed by atoms with Crippen LogP contribution in [0.4, 0.5) is 0 Å². The van der Waals surface area contributed by atoms with E-state index in [-0.39, 0.29) is 5.41 Å². The summed E-state index contributed by atoms with van der Waals surface area (Å²) in [6.45, 7) is 3.68. The van der Waals surface area contributed by atoms with E-state index >= 15 is 0 Å². The van der Waals surface area contributed by atoms with Crippen LogP contribution in [0.2, 0.25) is 0 Å². The minimum absolute atomic E-state index is 0.00328. The van der Waals surface area contributed by atoms with Gasteiger partial charge in [0.15, 0.2) is 0 Å². The maximum absolute atomic E-state index is 13.0. The summed E-state index contributed by atoms with van der Waals surface area (Å²) in [7, 11) is 1.85. The number of sulfonamides is 1. The second-order valence-electron chi connectivity index (χ2n) is 6.98. The summed E-state index contributed by atoms with van der Waals surface area (Å²) in [4.78, 5) is 2.58. The van der Waals surface area contributed by atoms with Crippen LogP contribution in [0.1, 0.15) is 6.42 Å². The van der Waals surface area contributed by atoms with E-state index in [1.165, 1.54) is 0 Å². The van der Waals surface area contributed by atoms with Crippen molar-refractivity contribution in [2.45, 2.75) is 11.3 Å². The zero-order valence-corrected chi connectivity index (χ0v) is 15.4. The Labute approximate surface area is 144 Å². The molecule has 0 N–H and O–H groups in total. The molecule has 7 heteroatoms. The predicted molar refractivity (Wildman–Crippen MR) is 91.7 cm³/mol. The molecule has 1 aromatic carbocycles. The van der Waals surface area contributed by atoms with E-state index in [4.69, 9.17) is 9.47 Å². The lowest BCUT2D eigenvalue weighted by Crippen LogP contribution is -2.38. The summed E-state index contributed by atoms with van der Waals surface area (Å²) < 4.78 is 38.2. The maximum atomic E-state index is 13.0. The molecule has 6 nitrogen and oxygen atoms in total. The van der Waals surface area contributed by atoms with Crippen molar-refractivity contribution in [3.63, 3.8) is 0 Å². The quantitative estimate of drug-likeness (QED) is 0.797. The lowest BCUT2D eigenvalue weighted by Gasteiger charge is -2.30. The molecule has 0 aliphatic carbocycles. The Kier molecular flexibility index (Phi) is 4.88. The Balaban J connectivity index is 1.84. The SMILES string of the molecule is COC[C@@H]1CN(C)C[C@]12CCN(S(=O)(=O)c1cccc(OC)c1)C2. The van der Waals surface area contributed by atoms with Crippen molar-refractivity contribution in [2.24, 2.45) is 11.3 Å². The highest BCUT2D eigenvalue weighted by atomic mass is 32.2. The van der Waals surface area contributed by atoms with Gasteiger partial charge in [-0.25, -0.2) is 8.42 Å². The summed E-state index contributed by atoms with van der Waals surface area (Å²) in [6.07, 6.45) is 0.883. The molecule has 2 aliphatic heterocycles. The van der Waals surface area contributed by atoms with Crippen molar-refractivity contribution in [2.75, 3.05) is 54.1 Å². The minimum atomic E-state index is -3.50. The van der Waals surface area contributed by atoms with Crippen LogP contribution in [-0.4, -0.2) is 71.7 Å². The molecule has 134 valence electrons. The molecule has 2 atom stereocenters. The molecule has 0 saturated carbocycles. The first-order valence-corrected chi connectivity index (χ1v) is 9.67. The standard InChI is InChI=1S/C17H26N2O4S/c1-18-10-14(11-22-2)17(12-18)7-8-19(13-17)24(20,21)16-6-4-5-15(9-16)23-3/h4-6,9,14H,7-8,10-13H2,1-3H3/t14-,17-/m0/s1. The molecule has 24 heavy (non-hydrogen) atoms. The van der Waals surface area contributed by atoms with Gasteiger partial charge in [0.1, 0.15) is 5.75 Å². The van der Waals surface area contributed by atoms with Crippen LogP contribution in [0.3, 0.4) is 0 Å². The van der Waals surface area contributed by atoms with Crippen LogP contribution in [0.15, 0.2) is 29.2 Å². The van der Waals surface area contributed by atoms with E-state index in [2.05, 4.69) is 11.9 Å². The third-order valence-corrected chi connectivity index (χ3v) is 7.22. The molecule has 0 bridgehead atoms. The number of hydrogen-bond donors (Lipinski definition) is 0. The summed E-state index contributed by atoms with van der Waals surface area (Å²) in [5.41, 5.74) is -0.00328. The van der Waals surface area contributed by atoms with Crippen LogP contribution < -0.4 is 4.74 Å². The van der Waals surface area contributed by atoms with Crippen molar-refractivity contribution in [1.29, 1.82) is 0 Å². The number of methoxy groups -OCH3 is 2. The fourth-order valence-corrected chi connectivity index (χ4v) is 5.74. The summed E-state index contributed by atoms with van der Waals surface area (Å²) in [5, 5.41) is 0. The zero-order valence-electron chi connectivity index (χ0n) is 14.6. The Bertz CT molecular complexity index is 694. The molecule has 0 radical (unpaired) electrons. The number of likely N-dealkylation sites (tertiary alicyclic amines) is 1. The molecule has 2 saturated heterocycles. The maximum Gasteiger partial charge on any atom is 0.243 e. The molecule has 2 aliphatic rings. The van der Waals surface area contributed by atoms with Crippen LogP contribution in [0.25, 0.3) is 0 Å². The van der Waals surface area contributed by atoms with Crippen molar-refractivity contribution in [1.82, 2.24) is 9.21 Å². The molecule has 2 fully saturated rings. The van der Waals surface area contributed by atoms with Crippen LogP contribution >= 0.6 is 0 Å². The summed E-state index contributed by atoms with van der Waals surface area (Å²) in [6, 6.07) is 6.70. The lowest BCUT2D eigenvalue weighted by molar-refractivity contribution is 0.101. The second-order valence-corrected chi connectivity index (χ2v) is 8.92. The van der Waals surface area contributed by atoms with Gasteiger partial charge in [-0.05, 0) is 25.6 Å². The lowest BCUT2D eigenvalue weighted by atomic mass is 9.78. The van der Waals surface area contributed by atoms with Gasteiger partial charge in [0.05, 0.1) is 18.6 Å². The van der Waals surface area contributed by atoms with Gasteiger partial charge in [0.25, 0.3) is 0 Å². The van der Waals surface area contributed by atoms with Gasteiger partial charge in [-0.3, -0.25) is 0 Å². The van der Waals surface area contributed by atoms with E-state index in [0.29, 0.717) is 36.3 Å². The smallest absolute Gasteiger partial charge is 0.243 e. The number of nitrogens with zero attached hydrogens (tertiary/aromatic N) is 2. The highest BCUT2D eigenvalue weighted by Gasteiger charge is 2.51. The second kappa shape index (κ2) is 6.63. The first kappa shape index (κ1) is 17.7. The fraction of sp³-hybridized carbons (Fsp3) is 0.647. The third kappa shape index (κ3) is 3.06. The van der Waals surface area contributed by atoms with Gasteiger partial charge < -0.3 is 14.4 Å². The first-order chi connectivity index (χ1) is 11.4. The summed E-state index contributed by atoms with van der Waals surface area (Å²) >= 11 is 0. The van der Waals surface area contributed by atoms with Crippen LogP contribution in [-0.2, 0) is 14.8 Å². The van der Waals surface area contributed by atoms with Crippen molar-refractivity contribution in [3.8, 4) is 5.75 Å². The molecular weight excluding hydrogens is 328 g/mol. The average molecular weight is 354 g/mol. The number of rotatable bonds is 5. The number of hydrogen-bond acceptors (Lipinski definition) is 5. The topological polar surface area (TPSA) is 59.1 Å². The highest BCUT2D eigenvalue weighted by Crippen LogP contribution is 2.45. The Hall–Kier alpha value is -1.15. The minimum Gasteiger partial charge on any atom is -0.497 e. The molecular formula is C17H26N2O4S. The molecule has 2 heterocycles. The van der Waals surface area contributed by atoms with Crippen molar-refractivity contribution >= 4 is 10.0 Å².